The third-order valence-electron chi connectivity index (χ3n) is 3.35. The lowest BCUT2D eigenvalue weighted by atomic mass is 10.2. The molecule has 0 radical (unpaired) electrons. The highest BCUT2D eigenvalue weighted by molar-refractivity contribution is 9.10. The van der Waals surface area contributed by atoms with E-state index < -0.39 is 0 Å². The molecule has 7 heteroatoms. The first-order valence-electron chi connectivity index (χ1n) is 7.48. The summed E-state index contributed by atoms with van der Waals surface area (Å²) in [4.78, 5) is 12.1. The molecule has 0 saturated carbocycles. The number of nitrogens with zero attached hydrogens (tertiary/aromatic N) is 3. The number of hydrogen-bond donors (Lipinski definition) is 2. The molecule has 0 fully saturated rings. The zero-order valence-electron chi connectivity index (χ0n) is 12.8. The lowest BCUT2D eigenvalue weighted by Crippen LogP contribution is -2.29. The van der Waals surface area contributed by atoms with Crippen LogP contribution in [-0.4, -0.2) is 33.8 Å². The first-order chi connectivity index (χ1) is 11.7. The summed E-state index contributed by atoms with van der Waals surface area (Å²) in [7, 11) is 0. The molecule has 2 heterocycles. The summed E-state index contributed by atoms with van der Waals surface area (Å²) in [6.07, 6.45) is 3.82. The Bertz CT molecular complexity index is 802. The third kappa shape index (κ3) is 3.99. The highest BCUT2D eigenvalue weighted by Crippen LogP contribution is 2.15. The smallest absolute Gasteiger partial charge is 0.252 e. The fourth-order valence-corrected chi connectivity index (χ4v) is 2.62. The Balaban J connectivity index is 1.47. The van der Waals surface area contributed by atoms with Gasteiger partial charge in [0.2, 0.25) is 0 Å². The van der Waals surface area contributed by atoms with Gasteiger partial charge in [-0.25, -0.2) is 0 Å². The third-order valence-corrected chi connectivity index (χ3v) is 4.05. The first kappa shape index (κ1) is 16.2. The number of nitrogens with one attached hydrogen (secondary N) is 2. The summed E-state index contributed by atoms with van der Waals surface area (Å²) >= 11 is 3.37. The van der Waals surface area contributed by atoms with Gasteiger partial charge in [0, 0.05) is 30.0 Å². The van der Waals surface area contributed by atoms with Crippen molar-refractivity contribution < 1.29 is 4.79 Å². The average Bonchev–Trinajstić information content (AvgIpc) is 3.14. The number of benzene rings is 1. The summed E-state index contributed by atoms with van der Waals surface area (Å²) in [6, 6.07) is 14.9. The largest absolute Gasteiger partial charge is 0.367 e. The van der Waals surface area contributed by atoms with Crippen molar-refractivity contribution in [3.05, 3.63) is 71.0 Å². The van der Waals surface area contributed by atoms with Gasteiger partial charge in [-0.3, -0.25) is 4.79 Å². The predicted octanol–water partition coefficient (Wildman–Crippen LogP) is 2.87. The average molecular weight is 386 g/mol. The van der Waals surface area contributed by atoms with Crippen molar-refractivity contribution in [3.63, 3.8) is 0 Å². The molecule has 0 aliphatic heterocycles. The second kappa shape index (κ2) is 7.74. The molecule has 1 amide bonds. The summed E-state index contributed by atoms with van der Waals surface area (Å²) in [5.74, 6) is 1.31. The van der Waals surface area contributed by atoms with Crippen LogP contribution in [0.5, 0.6) is 0 Å². The Morgan fingerprint density at radius 2 is 1.79 bits per heavy atom. The highest BCUT2D eigenvalue weighted by Gasteiger charge is 2.07. The van der Waals surface area contributed by atoms with Gasteiger partial charge in [0.05, 0.1) is 5.56 Å². The topological polar surface area (TPSA) is 71.8 Å². The van der Waals surface area contributed by atoms with Crippen LogP contribution in [0.1, 0.15) is 10.4 Å². The van der Waals surface area contributed by atoms with Crippen molar-refractivity contribution in [3.8, 4) is 5.82 Å². The van der Waals surface area contributed by atoms with Gasteiger partial charge in [0.15, 0.2) is 5.82 Å². The molecule has 0 bridgehead atoms. The van der Waals surface area contributed by atoms with E-state index in [0.717, 1.165) is 10.3 Å². The Labute approximate surface area is 148 Å². The van der Waals surface area contributed by atoms with E-state index in [2.05, 4.69) is 36.8 Å². The molecular formula is C17H16BrN5O. The summed E-state index contributed by atoms with van der Waals surface area (Å²) < 4.78 is 2.66. The molecular weight excluding hydrogens is 370 g/mol. The molecule has 1 aromatic carbocycles. The number of carbonyl (C=O) groups excluding carboxylic acids is 1. The van der Waals surface area contributed by atoms with Crippen molar-refractivity contribution in [2.24, 2.45) is 0 Å². The first-order valence-corrected chi connectivity index (χ1v) is 8.27. The Morgan fingerprint density at radius 1 is 1.00 bits per heavy atom. The number of hydrogen-bond acceptors (Lipinski definition) is 4. The van der Waals surface area contributed by atoms with Crippen molar-refractivity contribution in [1.29, 1.82) is 0 Å². The van der Waals surface area contributed by atoms with Gasteiger partial charge >= 0.3 is 0 Å². The molecule has 3 aromatic rings. The summed E-state index contributed by atoms with van der Waals surface area (Å²) in [5.41, 5.74) is 0.619. The van der Waals surface area contributed by atoms with E-state index in [1.54, 1.807) is 6.07 Å². The minimum atomic E-state index is -0.113. The van der Waals surface area contributed by atoms with E-state index in [1.165, 1.54) is 0 Å². The van der Waals surface area contributed by atoms with Gasteiger partial charge in [0.1, 0.15) is 5.82 Å². The Kier molecular flexibility index (Phi) is 5.22. The molecule has 6 nitrogen and oxygen atoms in total. The van der Waals surface area contributed by atoms with Gasteiger partial charge in [-0.2, -0.15) is 0 Å². The molecule has 3 rings (SSSR count). The van der Waals surface area contributed by atoms with Gasteiger partial charge in [-0.05, 0) is 52.3 Å². The van der Waals surface area contributed by atoms with E-state index in [4.69, 9.17) is 0 Å². The minimum absolute atomic E-state index is 0.113. The standard InChI is InChI=1S/C17H16BrN5O/c18-14-6-2-1-5-13(14)17(24)20-10-9-19-15-7-8-16(22-21-15)23-11-3-4-12-23/h1-8,11-12H,9-10H2,(H,19,21)(H,20,24). The summed E-state index contributed by atoms with van der Waals surface area (Å²) in [5, 5.41) is 14.3. The van der Waals surface area contributed by atoms with Gasteiger partial charge in [0.25, 0.3) is 5.91 Å². The summed E-state index contributed by atoms with van der Waals surface area (Å²) in [6.45, 7) is 1.05. The fraction of sp³-hybridized carbons (Fsp3) is 0.118. The molecule has 0 saturated heterocycles. The molecule has 0 atom stereocenters. The van der Waals surface area contributed by atoms with Crippen LogP contribution in [0.3, 0.4) is 0 Å². The van der Waals surface area contributed by atoms with Crippen LogP contribution in [0.25, 0.3) is 5.82 Å². The van der Waals surface area contributed by atoms with E-state index in [1.807, 2.05) is 59.4 Å². The number of halogens is 1. The van der Waals surface area contributed by atoms with E-state index in [-0.39, 0.29) is 5.91 Å². The number of anilines is 1. The maximum Gasteiger partial charge on any atom is 0.252 e. The van der Waals surface area contributed by atoms with Crippen LogP contribution in [0.2, 0.25) is 0 Å². The Hall–Kier alpha value is -2.67. The number of carbonyl (C=O) groups is 1. The molecule has 122 valence electrons. The quantitative estimate of drug-likeness (QED) is 0.639. The van der Waals surface area contributed by atoms with Crippen molar-refractivity contribution >= 4 is 27.7 Å². The highest BCUT2D eigenvalue weighted by atomic mass is 79.9. The molecule has 2 N–H and O–H groups in total. The van der Waals surface area contributed by atoms with E-state index in [9.17, 15) is 4.79 Å². The normalized spacial score (nSPS) is 10.4. The maximum atomic E-state index is 12.1. The van der Waals surface area contributed by atoms with Crippen LogP contribution in [0.4, 0.5) is 5.82 Å². The maximum absolute atomic E-state index is 12.1. The molecule has 0 unspecified atom stereocenters. The van der Waals surface area contributed by atoms with Crippen molar-refractivity contribution in [2.75, 3.05) is 18.4 Å². The lowest BCUT2D eigenvalue weighted by Gasteiger charge is -2.08. The van der Waals surface area contributed by atoms with Crippen LogP contribution in [-0.2, 0) is 0 Å². The molecule has 0 aliphatic rings. The van der Waals surface area contributed by atoms with E-state index >= 15 is 0 Å². The minimum Gasteiger partial charge on any atom is -0.367 e. The number of rotatable bonds is 6. The number of aromatic nitrogens is 3. The van der Waals surface area contributed by atoms with Crippen molar-refractivity contribution in [1.82, 2.24) is 20.1 Å². The lowest BCUT2D eigenvalue weighted by molar-refractivity contribution is 0.0954. The zero-order chi connectivity index (χ0) is 16.8. The Morgan fingerprint density at radius 3 is 2.50 bits per heavy atom. The number of amides is 1. The zero-order valence-corrected chi connectivity index (χ0v) is 14.4. The van der Waals surface area contributed by atoms with Gasteiger partial charge in [-0.15, -0.1) is 10.2 Å². The van der Waals surface area contributed by atoms with Crippen LogP contribution in [0.15, 0.2) is 65.4 Å². The van der Waals surface area contributed by atoms with Crippen LogP contribution >= 0.6 is 15.9 Å². The monoisotopic (exact) mass is 385 g/mol. The van der Waals surface area contributed by atoms with E-state index in [0.29, 0.717) is 24.5 Å². The molecule has 2 aromatic heterocycles. The predicted molar refractivity (Wildman–Crippen MR) is 96.3 cm³/mol. The SMILES string of the molecule is O=C(NCCNc1ccc(-n2cccc2)nn1)c1ccccc1Br. The molecule has 0 aliphatic carbocycles. The fourth-order valence-electron chi connectivity index (χ4n) is 2.15. The van der Waals surface area contributed by atoms with Crippen molar-refractivity contribution in [2.45, 2.75) is 0 Å². The van der Waals surface area contributed by atoms with Gasteiger partial charge < -0.3 is 15.2 Å². The van der Waals surface area contributed by atoms with Crippen LogP contribution < -0.4 is 10.6 Å². The van der Waals surface area contributed by atoms with Gasteiger partial charge in [-0.1, -0.05) is 12.1 Å². The second-order valence-corrected chi connectivity index (χ2v) is 5.88. The molecule has 24 heavy (non-hydrogen) atoms. The molecule has 0 spiro atoms. The van der Waals surface area contributed by atoms with Crippen LogP contribution in [0, 0.1) is 0 Å². The second-order valence-electron chi connectivity index (χ2n) is 5.03.